The van der Waals surface area contributed by atoms with Crippen LogP contribution in [-0.2, 0) is 0 Å². The Morgan fingerprint density at radius 3 is 2.71 bits per heavy atom. The van der Waals surface area contributed by atoms with Crippen LogP contribution >= 0.6 is 23.1 Å². The lowest BCUT2D eigenvalue weighted by Gasteiger charge is -2.06. The first-order valence-corrected chi connectivity index (χ1v) is 6.22. The van der Waals surface area contributed by atoms with Gasteiger partial charge in [0.1, 0.15) is 5.69 Å². The van der Waals surface area contributed by atoms with Gasteiger partial charge in [-0.1, -0.05) is 11.6 Å². The first-order valence-electron chi connectivity index (χ1n) is 5.07. The maximum absolute atomic E-state index is 11.9. The fraction of sp³-hybridized carbons (Fsp3) is 0.167. The maximum Gasteiger partial charge on any atom is 0.275 e. The molecule has 0 spiro atoms. The smallest absolute Gasteiger partial charge is 0.275 e. The van der Waals surface area contributed by atoms with Crippen LogP contribution in [0.1, 0.15) is 20.9 Å². The highest BCUT2D eigenvalue weighted by atomic mass is 35.5. The lowest BCUT2D eigenvalue weighted by molar-refractivity contribution is 0.102. The SMILES string of the molecule is Cc1cc(C(=O)Nc2ccc(Cl)cc2C)ns1. The second-order valence-electron chi connectivity index (χ2n) is 3.74. The zero-order valence-corrected chi connectivity index (χ0v) is 11.0. The van der Waals surface area contributed by atoms with Crippen molar-refractivity contribution in [3.8, 4) is 0 Å². The molecule has 0 saturated carbocycles. The summed E-state index contributed by atoms with van der Waals surface area (Å²) in [4.78, 5) is 12.9. The minimum Gasteiger partial charge on any atom is -0.320 e. The molecule has 0 unspecified atom stereocenters. The Morgan fingerprint density at radius 1 is 1.35 bits per heavy atom. The number of aryl methyl sites for hydroxylation is 2. The van der Waals surface area contributed by atoms with Gasteiger partial charge < -0.3 is 5.32 Å². The minimum absolute atomic E-state index is 0.195. The number of hydrogen-bond acceptors (Lipinski definition) is 3. The van der Waals surface area contributed by atoms with E-state index in [2.05, 4.69) is 9.69 Å². The maximum atomic E-state index is 11.9. The summed E-state index contributed by atoms with van der Waals surface area (Å²) in [6.45, 7) is 3.82. The van der Waals surface area contributed by atoms with Gasteiger partial charge >= 0.3 is 0 Å². The van der Waals surface area contributed by atoms with E-state index in [0.717, 1.165) is 16.1 Å². The highest BCUT2D eigenvalue weighted by Crippen LogP contribution is 2.20. The lowest BCUT2D eigenvalue weighted by Crippen LogP contribution is -2.12. The van der Waals surface area contributed by atoms with Crippen molar-refractivity contribution in [2.45, 2.75) is 13.8 Å². The molecule has 88 valence electrons. The summed E-state index contributed by atoms with van der Waals surface area (Å²) in [5, 5.41) is 3.47. The molecule has 2 aromatic rings. The summed E-state index contributed by atoms with van der Waals surface area (Å²) in [5.41, 5.74) is 2.13. The average molecular weight is 267 g/mol. The topological polar surface area (TPSA) is 42.0 Å². The van der Waals surface area contributed by atoms with Gasteiger partial charge in [-0.3, -0.25) is 4.79 Å². The monoisotopic (exact) mass is 266 g/mol. The Bertz CT molecular complexity index is 565. The molecule has 0 saturated heterocycles. The third-order valence-corrected chi connectivity index (χ3v) is 3.23. The lowest BCUT2D eigenvalue weighted by atomic mass is 10.2. The molecule has 3 nitrogen and oxygen atoms in total. The molecule has 5 heteroatoms. The minimum atomic E-state index is -0.195. The highest BCUT2D eigenvalue weighted by Gasteiger charge is 2.10. The summed E-state index contributed by atoms with van der Waals surface area (Å²) in [7, 11) is 0. The number of halogens is 1. The van der Waals surface area contributed by atoms with Crippen molar-refractivity contribution in [3.63, 3.8) is 0 Å². The number of rotatable bonds is 2. The number of hydrogen-bond donors (Lipinski definition) is 1. The van der Waals surface area contributed by atoms with Gasteiger partial charge in [-0.2, -0.15) is 4.37 Å². The average Bonchev–Trinajstić information content (AvgIpc) is 2.69. The van der Waals surface area contributed by atoms with E-state index in [-0.39, 0.29) is 5.91 Å². The number of nitrogens with zero attached hydrogens (tertiary/aromatic N) is 1. The summed E-state index contributed by atoms with van der Waals surface area (Å²) >= 11 is 7.17. The highest BCUT2D eigenvalue weighted by molar-refractivity contribution is 7.05. The van der Waals surface area contributed by atoms with Crippen molar-refractivity contribution in [3.05, 3.63) is 45.4 Å². The first kappa shape index (κ1) is 12.1. The van der Waals surface area contributed by atoms with Gasteiger partial charge in [-0.25, -0.2) is 0 Å². The van der Waals surface area contributed by atoms with E-state index in [1.165, 1.54) is 11.5 Å². The fourth-order valence-electron chi connectivity index (χ4n) is 1.43. The predicted molar refractivity (Wildman–Crippen MR) is 71.0 cm³/mol. The van der Waals surface area contributed by atoms with Crippen LogP contribution in [0.5, 0.6) is 0 Å². The molecule has 17 heavy (non-hydrogen) atoms. The van der Waals surface area contributed by atoms with Gasteiger partial charge in [-0.05, 0) is 55.2 Å². The molecular formula is C12H11ClN2OS. The molecule has 0 aliphatic rings. The number of anilines is 1. The van der Waals surface area contributed by atoms with E-state index < -0.39 is 0 Å². The van der Waals surface area contributed by atoms with Crippen LogP contribution in [0.4, 0.5) is 5.69 Å². The van der Waals surface area contributed by atoms with Crippen molar-refractivity contribution in [2.24, 2.45) is 0 Å². The molecule has 0 aliphatic carbocycles. The number of carbonyl (C=O) groups is 1. The second-order valence-corrected chi connectivity index (χ2v) is 5.18. The van der Waals surface area contributed by atoms with Crippen molar-refractivity contribution in [1.29, 1.82) is 0 Å². The van der Waals surface area contributed by atoms with Gasteiger partial charge in [0.2, 0.25) is 0 Å². The van der Waals surface area contributed by atoms with Crippen LogP contribution in [0.2, 0.25) is 5.02 Å². The molecule has 0 atom stereocenters. The molecule has 1 aromatic carbocycles. The number of benzene rings is 1. The summed E-state index contributed by atoms with van der Waals surface area (Å²) < 4.78 is 4.06. The standard InChI is InChI=1S/C12H11ClN2OS/c1-7-5-9(13)3-4-10(7)14-12(16)11-6-8(2)17-15-11/h3-6H,1-2H3,(H,14,16). The van der Waals surface area contributed by atoms with E-state index in [4.69, 9.17) is 11.6 Å². The molecule has 0 aliphatic heterocycles. The first-order chi connectivity index (χ1) is 8.06. The third-order valence-electron chi connectivity index (χ3n) is 2.30. The van der Waals surface area contributed by atoms with E-state index in [9.17, 15) is 4.79 Å². The van der Waals surface area contributed by atoms with Crippen LogP contribution in [-0.4, -0.2) is 10.3 Å². The normalized spacial score (nSPS) is 10.3. The van der Waals surface area contributed by atoms with Crippen LogP contribution in [0.15, 0.2) is 24.3 Å². The van der Waals surface area contributed by atoms with Crippen molar-refractivity contribution >= 4 is 34.7 Å². The van der Waals surface area contributed by atoms with Crippen molar-refractivity contribution in [1.82, 2.24) is 4.37 Å². The van der Waals surface area contributed by atoms with E-state index >= 15 is 0 Å². The molecule has 0 bridgehead atoms. The Kier molecular flexibility index (Phi) is 3.45. The van der Waals surface area contributed by atoms with Crippen LogP contribution in [0, 0.1) is 13.8 Å². The summed E-state index contributed by atoms with van der Waals surface area (Å²) in [6, 6.07) is 7.11. The van der Waals surface area contributed by atoms with E-state index in [1.807, 2.05) is 19.9 Å². The third kappa shape index (κ3) is 2.84. The fourth-order valence-corrected chi connectivity index (χ4v) is 2.20. The van der Waals surface area contributed by atoms with Gasteiger partial charge in [-0.15, -0.1) is 0 Å². The van der Waals surface area contributed by atoms with Gasteiger partial charge in [0.05, 0.1) is 0 Å². The van der Waals surface area contributed by atoms with E-state index in [1.54, 1.807) is 18.2 Å². The number of aromatic nitrogens is 1. The Morgan fingerprint density at radius 2 is 2.12 bits per heavy atom. The van der Waals surface area contributed by atoms with Crippen molar-refractivity contribution < 1.29 is 4.79 Å². The van der Waals surface area contributed by atoms with Crippen LogP contribution in [0.25, 0.3) is 0 Å². The molecule has 0 radical (unpaired) electrons. The molecule has 1 N–H and O–H groups in total. The summed E-state index contributed by atoms with van der Waals surface area (Å²) in [5.74, 6) is -0.195. The molecule has 2 rings (SSSR count). The van der Waals surface area contributed by atoms with Crippen LogP contribution in [0.3, 0.4) is 0 Å². The predicted octanol–water partition coefficient (Wildman–Crippen LogP) is 3.67. The molecule has 1 amide bonds. The van der Waals surface area contributed by atoms with Gasteiger partial charge in [0.15, 0.2) is 0 Å². The van der Waals surface area contributed by atoms with Gasteiger partial charge in [0.25, 0.3) is 5.91 Å². The molecule has 0 fully saturated rings. The van der Waals surface area contributed by atoms with E-state index in [0.29, 0.717) is 10.7 Å². The summed E-state index contributed by atoms with van der Waals surface area (Å²) in [6.07, 6.45) is 0. The zero-order valence-electron chi connectivity index (χ0n) is 9.45. The Balaban J connectivity index is 2.18. The van der Waals surface area contributed by atoms with Crippen LogP contribution < -0.4 is 5.32 Å². The quantitative estimate of drug-likeness (QED) is 0.901. The second kappa shape index (κ2) is 4.85. The molecule has 1 heterocycles. The Labute approximate surface area is 109 Å². The van der Waals surface area contributed by atoms with Crippen molar-refractivity contribution in [2.75, 3.05) is 5.32 Å². The Hall–Kier alpha value is -1.39. The zero-order chi connectivity index (χ0) is 12.4. The molecule has 1 aromatic heterocycles. The van der Waals surface area contributed by atoms with Gasteiger partial charge in [0, 0.05) is 15.6 Å². The largest absolute Gasteiger partial charge is 0.320 e. The number of amides is 1. The number of carbonyl (C=O) groups excluding carboxylic acids is 1. The molecular weight excluding hydrogens is 256 g/mol. The number of nitrogens with one attached hydrogen (secondary N) is 1.